The van der Waals surface area contributed by atoms with E-state index in [4.69, 9.17) is 17.3 Å². The lowest BCUT2D eigenvalue weighted by Crippen LogP contribution is -1.99. The lowest BCUT2D eigenvalue weighted by atomic mass is 10.2. The van der Waals surface area contributed by atoms with Crippen LogP contribution in [0.3, 0.4) is 0 Å². The van der Waals surface area contributed by atoms with Crippen LogP contribution < -0.4 is 5.73 Å². The number of nitrogen functional groups attached to an aromatic ring is 1. The highest BCUT2D eigenvalue weighted by molar-refractivity contribution is 9.10. The summed E-state index contributed by atoms with van der Waals surface area (Å²) in [6.45, 7) is 0. The predicted octanol–water partition coefficient (Wildman–Crippen LogP) is 4.13. The van der Waals surface area contributed by atoms with Gasteiger partial charge in [0, 0.05) is 10.2 Å². The molecule has 2 aromatic carbocycles. The Morgan fingerprint density at radius 1 is 1.26 bits per heavy atom. The average molecular weight is 363 g/mol. The van der Waals surface area contributed by atoms with E-state index in [9.17, 15) is 8.60 Å². The molecule has 6 heteroatoms. The van der Waals surface area contributed by atoms with Crippen molar-refractivity contribution in [1.82, 2.24) is 0 Å². The average Bonchev–Trinajstić information content (AvgIpc) is 2.33. The molecule has 19 heavy (non-hydrogen) atoms. The maximum atomic E-state index is 13.3. The van der Waals surface area contributed by atoms with Crippen LogP contribution in [0.1, 0.15) is 5.56 Å². The number of rotatable bonds is 3. The number of anilines is 1. The molecule has 1 unspecified atom stereocenters. The zero-order chi connectivity index (χ0) is 14.0. The Kier molecular flexibility index (Phi) is 4.60. The number of benzene rings is 2. The molecule has 0 amide bonds. The van der Waals surface area contributed by atoms with E-state index in [0.29, 0.717) is 20.6 Å². The topological polar surface area (TPSA) is 43.1 Å². The van der Waals surface area contributed by atoms with E-state index in [2.05, 4.69) is 15.9 Å². The van der Waals surface area contributed by atoms with Crippen molar-refractivity contribution in [1.29, 1.82) is 0 Å². The lowest BCUT2D eigenvalue weighted by Gasteiger charge is -2.06. The van der Waals surface area contributed by atoms with Crippen molar-refractivity contribution in [2.75, 3.05) is 5.73 Å². The summed E-state index contributed by atoms with van der Waals surface area (Å²) in [5, 5.41) is 0.0585. The fourth-order valence-electron chi connectivity index (χ4n) is 1.56. The SMILES string of the molecule is Nc1ccc(S(=O)Cc2ccc(Cl)c(F)c2)c(Br)c1. The van der Waals surface area contributed by atoms with E-state index in [1.807, 2.05) is 0 Å². The minimum Gasteiger partial charge on any atom is -0.399 e. The Balaban J connectivity index is 2.23. The molecule has 0 aromatic heterocycles. The van der Waals surface area contributed by atoms with Gasteiger partial charge < -0.3 is 5.73 Å². The summed E-state index contributed by atoms with van der Waals surface area (Å²) in [4.78, 5) is 0.629. The summed E-state index contributed by atoms with van der Waals surface area (Å²) < 4.78 is 26.2. The van der Waals surface area contributed by atoms with E-state index < -0.39 is 16.6 Å². The molecule has 0 saturated heterocycles. The molecule has 0 bridgehead atoms. The van der Waals surface area contributed by atoms with Crippen LogP contribution >= 0.6 is 27.5 Å². The third-order valence-electron chi connectivity index (χ3n) is 2.48. The monoisotopic (exact) mass is 361 g/mol. The second-order valence-corrected chi connectivity index (χ2v) is 6.61. The first kappa shape index (κ1) is 14.5. The molecule has 0 aliphatic carbocycles. The van der Waals surface area contributed by atoms with Crippen LogP contribution in [-0.4, -0.2) is 4.21 Å². The number of halogens is 3. The highest BCUT2D eigenvalue weighted by Gasteiger charge is 2.11. The summed E-state index contributed by atoms with van der Waals surface area (Å²) in [7, 11) is -1.28. The molecular formula is C13H10BrClFNOS. The standard InChI is InChI=1S/C13H10BrClFNOS/c14-10-6-9(17)2-4-13(10)19(18)7-8-1-3-11(15)12(16)5-8/h1-6H,7,17H2. The Bertz CT molecular complexity index is 651. The summed E-state index contributed by atoms with van der Waals surface area (Å²) in [6.07, 6.45) is 0. The molecule has 0 aliphatic rings. The van der Waals surface area contributed by atoms with E-state index in [1.165, 1.54) is 12.1 Å². The molecule has 0 heterocycles. The van der Waals surface area contributed by atoms with Crippen molar-refractivity contribution in [3.05, 3.63) is 57.3 Å². The van der Waals surface area contributed by atoms with E-state index in [-0.39, 0.29) is 10.8 Å². The smallest absolute Gasteiger partial charge is 0.142 e. The lowest BCUT2D eigenvalue weighted by molar-refractivity contribution is 0.626. The predicted molar refractivity (Wildman–Crippen MR) is 80.1 cm³/mol. The van der Waals surface area contributed by atoms with Gasteiger partial charge in [0.25, 0.3) is 0 Å². The van der Waals surface area contributed by atoms with Crippen LogP contribution in [0, 0.1) is 5.82 Å². The normalized spacial score (nSPS) is 12.4. The minimum atomic E-state index is -1.28. The zero-order valence-electron chi connectivity index (χ0n) is 9.70. The molecule has 2 aromatic rings. The highest BCUT2D eigenvalue weighted by atomic mass is 79.9. The molecule has 2 rings (SSSR count). The Morgan fingerprint density at radius 3 is 2.63 bits per heavy atom. The first-order valence-corrected chi connectivity index (χ1v) is 7.83. The third-order valence-corrected chi connectivity index (χ3v) is 5.15. The van der Waals surface area contributed by atoms with Gasteiger partial charge in [-0.15, -0.1) is 0 Å². The highest BCUT2D eigenvalue weighted by Crippen LogP contribution is 2.25. The quantitative estimate of drug-likeness (QED) is 0.834. The van der Waals surface area contributed by atoms with Gasteiger partial charge in [-0.05, 0) is 51.8 Å². The van der Waals surface area contributed by atoms with Crippen LogP contribution in [0.15, 0.2) is 45.8 Å². The third kappa shape index (κ3) is 3.55. The van der Waals surface area contributed by atoms with Gasteiger partial charge in [-0.1, -0.05) is 17.7 Å². The fourth-order valence-corrected chi connectivity index (χ4v) is 3.75. The van der Waals surface area contributed by atoms with E-state index in [1.54, 1.807) is 24.3 Å². The number of nitrogens with two attached hydrogens (primary N) is 1. The largest absolute Gasteiger partial charge is 0.399 e. The molecule has 0 spiro atoms. The molecule has 0 saturated carbocycles. The van der Waals surface area contributed by atoms with Gasteiger partial charge in [-0.2, -0.15) is 0 Å². The summed E-state index contributed by atoms with van der Waals surface area (Å²) in [5.41, 5.74) is 6.84. The molecule has 1 atom stereocenters. The van der Waals surface area contributed by atoms with Crippen LogP contribution in [0.5, 0.6) is 0 Å². The molecule has 100 valence electrons. The summed E-state index contributed by atoms with van der Waals surface area (Å²) >= 11 is 8.92. The molecule has 0 aliphatic heterocycles. The molecule has 0 radical (unpaired) electrons. The molecular weight excluding hydrogens is 353 g/mol. The molecule has 2 nitrogen and oxygen atoms in total. The second kappa shape index (κ2) is 6.03. The van der Waals surface area contributed by atoms with Gasteiger partial charge in [-0.25, -0.2) is 4.39 Å². The van der Waals surface area contributed by atoms with Gasteiger partial charge in [0.1, 0.15) is 5.82 Å². The van der Waals surface area contributed by atoms with E-state index in [0.717, 1.165) is 0 Å². The van der Waals surface area contributed by atoms with Gasteiger partial charge in [0.05, 0.1) is 26.5 Å². The van der Waals surface area contributed by atoms with Crippen molar-refractivity contribution in [3.63, 3.8) is 0 Å². The van der Waals surface area contributed by atoms with Crippen molar-refractivity contribution in [2.24, 2.45) is 0 Å². The van der Waals surface area contributed by atoms with Gasteiger partial charge >= 0.3 is 0 Å². The Morgan fingerprint density at radius 2 is 2.00 bits per heavy atom. The summed E-state index contributed by atoms with van der Waals surface area (Å²) in [5.74, 6) is -0.288. The summed E-state index contributed by atoms with van der Waals surface area (Å²) in [6, 6.07) is 9.49. The maximum Gasteiger partial charge on any atom is 0.142 e. The molecule has 0 fully saturated rings. The van der Waals surface area contributed by atoms with E-state index >= 15 is 0 Å². The second-order valence-electron chi connectivity index (χ2n) is 3.93. The Hall–Kier alpha value is -0.910. The van der Waals surface area contributed by atoms with Gasteiger partial charge in [-0.3, -0.25) is 4.21 Å². The fraction of sp³-hybridized carbons (Fsp3) is 0.0769. The van der Waals surface area contributed by atoms with Crippen LogP contribution in [0.25, 0.3) is 0 Å². The van der Waals surface area contributed by atoms with Crippen molar-refractivity contribution in [3.8, 4) is 0 Å². The Labute approximate surface area is 126 Å². The first-order chi connectivity index (χ1) is 8.97. The molecule has 2 N–H and O–H groups in total. The van der Waals surface area contributed by atoms with Crippen LogP contribution in [0.2, 0.25) is 5.02 Å². The van der Waals surface area contributed by atoms with Crippen molar-refractivity contribution < 1.29 is 8.60 Å². The number of hydrogen-bond acceptors (Lipinski definition) is 2. The van der Waals surface area contributed by atoms with Crippen LogP contribution in [0.4, 0.5) is 10.1 Å². The minimum absolute atomic E-state index is 0.0585. The maximum absolute atomic E-state index is 13.3. The zero-order valence-corrected chi connectivity index (χ0v) is 12.9. The number of hydrogen-bond donors (Lipinski definition) is 1. The van der Waals surface area contributed by atoms with Gasteiger partial charge in [0.2, 0.25) is 0 Å². The van der Waals surface area contributed by atoms with Crippen molar-refractivity contribution >= 4 is 44.0 Å². The van der Waals surface area contributed by atoms with Gasteiger partial charge in [0.15, 0.2) is 0 Å². The first-order valence-electron chi connectivity index (χ1n) is 5.34. The van der Waals surface area contributed by atoms with Crippen molar-refractivity contribution in [2.45, 2.75) is 10.6 Å². The van der Waals surface area contributed by atoms with Crippen LogP contribution in [-0.2, 0) is 16.6 Å².